The number of aromatic nitrogens is 1. The van der Waals surface area contributed by atoms with E-state index in [0.29, 0.717) is 0 Å². The smallest absolute Gasteiger partial charge is 0.200 e. The van der Waals surface area contributed by atoms with Crippen molar-refractivity contribution in [2.45, 2.75) is 52.4 Å². The fourth-order valence-electron chi connectivity index (χ4n) is 6.02. The minimum absolute atomic E-state index is 0.153. The van der Waals surface area contributed by atoms with Crippen LogP contribution in [-0.4, -0.2) is 6.66 Å². The predicted octanol–water partition coefficient (Wildman–Crippen LogP) is 5.96. The van der Waals surface area contributed by atoms with E-state index in [4.69, 9.17) is 0 Å². The maximum atomic E-state index is 2.54. The molecule has 0 radical (unpaired) electrons. The molecule has 1 nitrogen and oxygen atoms in total. The molecule has 0 N–H and O–H groups in total. The van der Waals surface area contributed by atoms with Crippen LogP contribution < -0.4 is 15.2 Å². The molecule has 3 aromatic carbocycles. The number of hydrogen-bond donors (Lipinski definition) is 0. The molecule has 0 saturated carbocycles. The second-order valence-electron chi connectivity index (χ2n) is 10.6. The molecule has 0 fully saturated rings. The van der Waals surface area contributed by atoms with Crippen molar-refractivity contribution in [1.82, 2.24) is 0 Å². The first-order valence-corrected chi connectivity index (χ1v) is 13.3. The Labute approximate surface area is 186 Å². The van der Waals surface area contributed by atoms with Gasteiger partial charge in [0.05, 0.1) is 10.9 Å². The third kappa shape index (κ3) is 2.56. The summed E-state index contributed by atoms with van der Waals surface area (Å²) in [5.74, 6) is 0. The van der Waals surface area contributed by atoms with Crippen LogP contribution in [0.5, 0.6) is 0 Å². The zero-order valence-electron chi connectivity index (χ0n) is 19.6. The maximum absolute atomic E-state index is 2.54. The minimum atomic E-state index is -0.396. The van der Waals surface area contributed by atoms with E-state index >= 15 is 0 Å². The van der Waals surface area contributed by atoms with Gasteiger partial charge in [-0.2, -0.15) is 0 Å². The average molecular weight is 425 g/mol. The van der Waals surface area contributed by atoms with E-state index < -0.39 is 7.92 Å². The zero-order chi connectivity index (χ0) is 21.7. The highest BCUT2D eigenvalue weighted by atomic mass is 31.1. The van der Waals surface area contributed by atoms with Gasteiger partial charge in [0.25, 0.3) is 0 Å². The van der Waals surface area contributed by atoms with Crippen LogP contribution in [0.4, 0.5) is 0 Å². The highest BCUT2D eigenvalue weighted by molar-refractivity contribution is 7.73. The molecule has 2 aliphatic rings. The summed E-state index contributed by atoms with van der Waals surface area (Å²) in [4.78, 5) is 0. The number of rotatable bonds is 0. The number of aryl methyl sites for hydroxylation is 4. The Morgan fingerprint density at radius 1 is 1.00 bits per heavy atom. The number of pyridine rings is 1. The summed E-state index contributed by atoms with van der Waals surface area (Å²) in [6, 6.07) is 14.3. The SMILES string of the molecule is Cc1c2c(c3c4c(cccc14)CCC3)P(C)c1cc(C(C)(C)C)cc3cc[n+](C)c-2c13. The van der Waals surface area contributed by atoms with Gasteiger partial charge in [-0.25, -0.2) is 4.57 Å². The fourth-order valence-corrected chi connectivity index (χ4v) is 8.40. The van der Waals surface area contributed by atoms with Gasteiger partial charge in [0, 0.05) is 6.07 Å². The second-order valence-corrected chi connectivity index (χ2v) is 12.6. The Morgan fingerprint density at radius 2 is 1.81 bits per heavy atom. The lowest BCUT2D eigenvalue weighted by Gasteiger charge is -2.33. The van der Waals surface area contributed by atoms with E-state index in [1.807, 2.05) is 0 Å². The van der Waals surface area contributed by atoms with Crippen molar-refractivity contribution < 1.29 is 4.57 Å². The molecule has 0 bridgehead atoms. The number of benzene rings is 3. The quantitative estimate of drug-likeness (QED) is 0.242. The highest BCUT2D eigenvalue weighted by Gasteiger charge is 2.36. The normalized spacial score (nSPS) is 17.3. The first kappa shape index (κ1) is 19.4. The fraction of sp³-hybridized carbons (Fsp3) is 0.345. The zero-order valence-corrected chi connectivity index (χ0v) is 20.5. The van der Waals surface area contributed by atoms with Crippen LogP contribution in [0, 0.1) is 6.92 Å². The third-order valence-corrected chi connectivity index (χ3v) is 9.88. The molecule has 31 heavy (non-hydrogen) atoms. The standard InChI is InChI=1S/C29H31NP/c1-17-21-11-7-9-18-10-8-12-22(25(18)21)28-24(17)27-26-19(13-14-30(27)5)15-20(29(2,3)4)16-23(26)31(28)6/h7,9,11,13-16H,8,10,12H2,1-6H3/q+1. The van der Waals surface area contributed by atoms with Crippen LogP contribution in [0.2, 0.25) is 0 Å². The molecule has 0 spiro atoms. The molecule has 6 rings (SSSR count). The van der Waals surface area contributed by atoms with Crippen LogP contribution in [0.3, 0.4) is 0 Å². The lowest BCUT2D eigenvalue weighted by atomic mass is 9.82. The summed E-state index contributed by atoms with van der Waals surface area (Å²) in [5, 5.41) is 9.17. The van der Waals surface area contributed by atoms with E-state index in [0.717, 1.165) is 0 Å². The molecule has 1 unspecified atom stereocenters. The van der Waals surface area contributed by atoms with Crippen molar-refractivity contribution in [2.75, 3.05) is 6.66 Å². The summed E-state index contributed by atoms with van der Waals surface area (Å²) in [6.45, 7) is 11.9. The van der Waals surface area contributed by atoms with Gasteiger partial charge < -0.3 is 0 Å². The summed E-state index contributed by atoms with van der Waals surface area (Å²) >= 11 is 0. The lowest BCUT2D eigenvalue weighted by Crippen LogP contribution is -2.37. The van der Waals surface area contributed by atoms with E-state index in [-0.39, 0.29) is 5.41 Å². The van der Waals surface area contributed by atoms with Crippen molar-refractivity contribution in [3.05, 3.63) is 64.8 Å². The Hall–Kier alpha value is -2.24. The van der Waals surface area contributed by atoms with Gasteiger partial charge >= 0.3 is 0 Å². The Balaban J connectivity index is 1.84. The third-order valence-electron chi connectivity index (χ3n) is 7.64. The molecule has 0 amide bonds. The molecule has 1 aliphatic carbocycles. The molecule has 1 aliphatic heterocycles. The summed E-state index contributed by atoms with van der Waals surface area (Å²) < 4.78 is 2.38. The number of fused-ring (bicyclic) bond motifs is 3. The Kier molecular flexibility index (Phi) is 4.01. The molecule has 2 heteroatoms. The molecule has 1 aromatic heterocycles. The van der Waals surface area contributed by atoms with Gasteiger partial charge in [-0.05, 0) is 101 Å². The van der Waals surface area contributed by atoms with Crippen LogP contribution >= 0.6 is 7.92 Å². The van der Waals surface area contributed by atoms with Crippen LogP contribution in [0.15, 0.2) is 42.6 Å². The summed E-state index contributed by atoms with van der Waals surface area (Å²) in [7, 11) is 1.83. The van der Waals surface area contributed by atoms with E-state index in [1.165, 1.54) is 57.8 Å². The Morgan fingerprint density at radius 3 is 2.58 bits per heavy atom. The monoisotopic (exact) mass is 424 g/mol. The number of hydrogen-bond acceptors (Lipinski definition) is 0. The lowest BCUT2D eigenvalue weighted by molar-refractivity contribution is -0.659. The second kappa shape index (κ2) is 6.39. The van der Waals surface area contributed by atoms with Crippen molar-refractivity contribution >= 4 is 40.1 Å². The van der Waals surface area contributed by atoms with Crippen molar-refractivity contribution in [3.63, 3.8) is 0 Å². The molecule has 2 heterocycles. The topological polar surface area (TPSA) is 3.88 Å². The van der Waals surface area contributed by atoms with Gasteiger partial charge in [-0.1, -0.05) is 45.0 Å². The first-order valence-electron chi connectivity index (χ1n) is 11.6. The van der Waals surface area contributed by atoms with E-state index in [1.54, 1.807) is 27.1 Å². The maximum Gasteiger partial charge on any atom is 0.221 e. The van der Waals surface area contributed by atoms with Crippen molar-refractivity contribution in [3.8, 4) is 11.3 Å². The first-order chi connectivity index (χ1) is 14.8. The molecule has 1 atom stereocenters. The number of nitrogens with zero attached hydrogens (tertiary/aromatic N) is 1. The van der Waals surface area contributed by atoms with Crippen molar-refractivity contribution in [2.24, 2.45) is 7.05 Å². The van der Waals surface area contributed by atoms with Crippen LogP contribution in [0.25, 0.3) is 32.8 Å². The van der Waals surface area contributed by atoms with Crippen LogP contribution in [-0.2, 0) is 25.3 Å². The van der Waals surface area contributed by atoms with Crippen LogP contribution in [0.1, 0.15) is 49.4 Å². The minimum Gasteiger partial charge on any atom is -0.200 e. The summed E-state index contributed by atoms with van der Waals surface area (Å²) in [6.07, 6.45) is 5.98. The molecular weight excluding hydrogens is 393 g/mol. The largest absolute Gasteiger partial charge is 0.221 e. The van der Waals surface area contributed by atoms with Gasteiger partial charge in [0.2, 0.25) is 5.69 Å². The Bertz CT molecular complexity index is 1420. The van der Waals surface area contributed by atoms with E-state index in [2.05, 4.69) is 88.6 Å². The van der Waals surface area contributed by atoms with Gasteiger partial charge in [-0.3, -0.25) is 0 Å². The molecule has 156 valence electrons. The van der Waals surface area contributed by atoms with E-state index in [9.17, 15) is 0 Å². The summed E-state index contributed by atoms with van der Waals surface area (Å²) in [5.41, 5.74) is 9.24. The van der Waals surface area contributed by atoms with Gasteiger partial charge in [-0.15, -0.1) is 0 Å². The molecule has 0 saturated heterocycles. The predicted molar refractivity (Wildman–Crippen MR) is 136 cm³/mol. The highest BCUT2D eigenvalue weighted by Crippen LogP contribution is 2.49. The van der Waals surface area contributed by atoms with Gasteiger partial charge in [0.15, 0.2) is 6.20 Å². The van der Waals surface area contributed by atoms with Crippen molar-refractivity contribution in [1.29, 1.82) is 0 Å². The molecular formula is C29H31NP+. The van der Waals surface area contributed by atoms with Gasteiger partial charge in [0.1, 0.15) is 7.05 Å². The average Bonchev–Trinajstić information content (AvgIpc) is 2.74. The molecule has 4 aromatic rings.